The third-order valence-corrected chi connectivity index (χ3v) is 5.08. The summed E-state index contributed by atoms with van der Waals surface area (Å²) in [5.74, 6) is -1.11. The van der Waals surface area contributed by atoms with Crippen molar-refractivity contribution in [3.05, 3.63) is 0 Å². The van der Waals surface area contributed by atoms with Crippen LogP contribution in [0.5, 0.6) is 0 Å². The van der Waals surface area contributed by atoms with E-state index in [1.54, 1.807) is 0 Å². The molecular formula is C15H25NO3. The zero-order chi connectivity index (χ0) is 14.6. The van der Waals surface area contributed by atoms with Gasteiger partial charge in [-0.25, -0.2) is 0 Å². The van der Waals surface area contributed by atoms with Crippen LogP contribution in [0, 0.1) is 28.6 Å². The first-order valence-corrected chi connectivity index (χ1v) is 7.08. The smallest absolute Gasteiger partial charge is 0.307 e. The van der Waals surface area contributed by atoms with Crippen molar-refractivity contribution in [2.24, 2.45) is 28.6 Å². The minimum absolute atomic E-state index is 0.0455. The summed E-state index contributed by atoms with van der Waals surface area (Å²) < 4.78 is 0. The minimum Gasteiger partial charge on any atom is -0.481 e. The van der Waals surface area contributed by atoms with E-state index in [2.05, 4.69) is 20.8 Å². The minimum atomic E-state index is -0.838. The first-order valence-electron chi connectivity index (χ1n) is 7.08. The van der Waals surface area contributed by atoms with Crippen molar-refractivity contribution in [1.29, 1.82) is 0 Å². The Balaban J connectivity index is 2.02. The van der Waals surface area contributed by atoms with E-state index in [9.17, 15) is 9.59 Å². The van der Waals surface area contributed by atoms with E-state index in [1.807, 2.05) is 18.7 Å². The van der Waals surface area contributed by atoms with Crippen molar-refractivity contribution in [2.45, 2.75) is 41.0 Å². The zero-order valence-corrected chi connectivity index (χ0v) is 12.6. The summed E-state index contributed by atoms with van der Waals surface area (Å²) in [4.78, 5) is 25.5. The fourth-order valence-electron chi connectivity index (χ4n) is 3.42. The highest BCUT2D eigenvalue weighted by Gasteiger charge is 2.66. The number of likely N-dealkylation sites (tertiary alicyclic amines) is 1. The Morgan fingerprint density at radius 2 is 1.79 bits per heavy atom. The molecule has 1 amide bonds. The van der Waals surface area contributed by atoms with Gasteiger partial charge in [0.1, 0.15) is 0 Å². The van der Waals surface area contributed by atoms with Gasteiger partial charge in [0.15, 0.2) is 0 Å². The molecule has 3 atom stereocenters. The van der Waals surface area contributed by atoms with E-state index in [1.165, 1.54) is 0 Å². The Morgan fingerprint density at radius 1 is 1.21 bits per heavy atom. The highest BCUT2D eigenvalue weighted by atomic mass is 16.4. The number of amides is 1. The Morgan fingerprint density at radius 3 is 2.16 bits per heavy atom. The summed E-state index contributed by atoms with van der Waals surface area (Å²) in [6.45, 7) is 11.9. The summed E-state index contributed by atoms with van der Waals surface area (Å²) in [5.41, 5.74) is -0.178. The molecule has 1 saturated carbocycles. The first kappa shape index (κ1) is 14.4. The van der Waals surface area contributed by atoms with Crippen LogP contribution >= 0.6 is 0 Å². The maximum absolute atomic E-state index is 12.5. The second-order valence-corrected chi connectivity index (χ2v) is 7.75. The lowest BCUT2D eigenvalue weighted by molar-refractivity contribution is -0.141. The monoisotopic (exact) mass is 267 g/mol. The summed E-state index contributed by atoms with van der Waals surface area (Å²) >= 11 is 0. The summed E-state index contributed by atoms with van der Waals surface area (Å²) in [6.07, 6.45) is 1.03. The van der Waals surface area contributed by atoms with Crippen LogP contribution in [-0.2, 0) is 9.59 Å². The highest BCUT2D eigenvalue weighted by Crippen LogP contribution is 2.59. The van der Waals surface area contributed by atoms with E-state index in [0.29, 0.717) is 5.92 Å². The molecule has 2 rings (SSSR count). The highest BCUT2D eigenvalue weighted by molar-refractivity contribution is 5.91. The van der Waals surface area contributed by atoms with Crippen molar-refractivity contribution in [2.75, 3.05) is 13.1 Å². The molecule has 2 aliphatic rings. The van der Waals surface area contributed by atoms with Crippen molar-refractivity contribution >= 4 is 11.9 Å². The number of aliphatic carboxylic acids is 1. The van der Waals surface area contributed by atoms with Gasteiger partial charge in [-0.3, -0.25) is 9.59 Å². The SMILES string of the molecule is CC(C)(C)C1CCN(C(=O)C2C(C(=O)O)C2(C)C)C1. The maximum atomic E-state index is 12.5. The molecule has 0 aromatic carbocycles. The molecule has 4 nitrogen and oxygen atoms in total. The number of carboxylic acids is 1. The Kier molecular flexibility index (Phi) is 3.19. The third-order valence-electron chi connectivity index (χ3n) is 5.08. The number of nitrogens with zero attached hydrogens (tertiary/aromatic N) is 1. The van der Waals surface area contributed by atoms with Crippen LogP contribution in [0.4, 0.5) is 0 Å². The maximum Gasteiger partial charge on any atom is 0.307 e. The lowest BCUT2D eigenvalue weighted by Gasteiger charge is -2.27. The van der Waals surface area contributed by atoms with E-state index in [4.69, 9.17) is 5.11 Å². The summed E-state index contributed by atoms with van der Waals surface area (Å²) in [7, 11) is 0. The van der Waals surface area contributed by atoms with Crippen molar-refractivity contribution < 1.29 is 14.7 Å². The van der Waals surface area contributed by atoms with Gasteiger partial charge in [0.2, 0.25) is 5.91 Å². The molecule has 3 unspecified atom stereocenters. The predicted octanol–water partition coefficient (Wildman–Crippen LogP) is 2.24. The van der Waals surface area contributed by atoms with Gasteiger partial charge in [0.25, 0.3) is 0 Å². The Labute approximate surface area is 115 Å². The Bertz CT molecular complexity index is 408. The van der Waals surface area contributed by atoms with Gasteiger partial charge in [-0.05, 0) is 23.2 Å². The summed E-state index contributed by atoms with van der Waals surface area (Å²) in [5, 5.41) is 9.16. The number of rotatable bonds is 2. The van der Waals surface area contributed by atoms with Crippen molar-refractivity contribution in [3.8, 4) is 0 Å². The molecule has 19 heavy (non-hydrogen) atoms. The lowest BCUT2D eigenvalue weighted by Crippen LogP contribution is -2.33. The average Bonchev–Trinajstić information content (AvgIpc) is 2.64. The van der Waals surface area contributed by atoms with Gasteiger partial charge < -0.3 is 10.0 Å². The van der Waals surface area contributed by atoms with E-state index in [-0.39, 0.29) is 22.7 Å². The Hall–Kier alpha value is -1.06. The number of carbonyl (C=O) groups excluding carboxylic acids is 1. The fraction of sp³-hybridized carbons (Fsp3) is 0.867. The van der Waals surface area contributed by atoms with Crippen LogP contribution in [0.3, 0.4) is 0 Å². The van der Waals surface area contributed by atoms with Crippen LogP contribution in [0.1, 0.15) is 41.0 Å². The van der Waals surface area contributed by atoms with Gasteiger partial charge >= 0.3 is 5.97 Å². The fourth-order valence-corrected chi connectivity index (χ4v) is 3.42. The molecule has 0 bridgehead atoms. The molecule has 0 spiro atoms. The number of carboxylic acid groups (broad SMARTS) is 1. The van der Waals surface area contributed by atoms with Crippen LogP contribution in [-0.4, -0.2) is 35.0 Å². The summed E-state index contributed by atoms with van der Waals surface area (Å²) in [6, 6.07) is 0. The second-order valence-electron chi connectivity index (χ2n) is 7.75. The molecule has 0 aromatic heterocycles. The average molecular weight is 267 g/mol. The largest absolute Gasteiger partial charge is 0.481 e. The normalized spacial score (nSPS) is 33.3. The molecule has 1 aliphatic carbocycles. The van der Waals surface area contributed by atoms with Crippen LogP contribution in [0.25, 0.3) is 0 Å². The van der Waals surface area contributed by atoms with Gasteiger partial charge in [0.05, 0.1) is 11.8 Å². The quantitative estimate of drug-likeness (QED) is 0.834. The second kappa shape index (κ2) is 4.22. The van der Waals surface area contributed by atoms with Gasteiger partial charge in [0, 0.05) is 13.1 Å². The van der Waals surface area contributed by atoms with Gasteiger partial charge in [-0.15, -0.1) is 0 Å². The molecule has 4 heteroatoms. The van der Waals surface area contributed by atoms with E-state index >= 15 is 0 Å². The van der Waals surface area contributed by atoms with Crippen LogP contribution in [0.2, 0.25) is 0 Å². The first-order chi connectivity index (χ1) is 8.56. The third kappa shape index (κ3) is 2.37. The van der Waals surface area contributed by atoms with Crippen LogP contribution in [0.15, 0.2) is 0 Å². The zero-order valence-electron chi connectivity index (χ0n) is 12.6. The van der Waals surface area contributed by atoms with Crippen LogP contribution < -0.4 is 0 Å². The molecule has 1 saturated heterocycles. The number of hydrogen-bond donors (Lipinski definition) is 1. The number of hydrogen-bond acceptors (Lipinski definition) is 2. The van der Waals surface area contributed by atoms with Gasteiger partial charge in [-0.2, -0.15) is 0 Å². The topological polar surface area (TPSA) is 57.6 Å². The van der Waals surface area contributed by atoms with Crippen molar-refractivity contribution in [1.82, 2.24) is 4.90 Å². The van der Waals surface area contributed by atoms with Crippen molar-refractivity contribution in [3.63, 3.8) is 0 Å². The lowest BCUT2D eigenvalue weighted by atomic mass is 9.80. The molecule has 0 radical (unpaired) electrons. The number of carbonyl (C=O) groups is 2. The molecule has 0 aromatic rings. The molecule has 1 N–H and O–H groups in total. The molecule has 2 fully saturated rings. The molecule has 1 aliphatic heterocycles. The predicted molar refractivity (Wildman–Crippen MR) is 72.5 cm³/mol. The standard InChI is InChI=1S/C15H25NO3/c1-14(2,3)9-6-7-16(8-9)12(17)10-11(13(18)19)15(10,4)5/h9-11H,6-8H2,1-5H3,(H,18,19). The molecular weight excluding hydrogens is 242 g/mol. The molecule has 108 valence electrons. The van der Waals surface area contributed by atoms with E-state index < -0.39 is 11.9 Å². The molecule has 1 heterocycles. The van der Waals surface area contributed by atoms with E-state index in [0.717, 1.165) is 19.5 Å². The van der Waals surface area contributed by atoms with Gasteiger partial charge in [-0.1, -0.05) is 34.6 Å².